The maximum atomic E-state index is 12.2. The first-order valence-electron chi connectivity index (χ1n) is 4.78. The van der Waals surface area contributed by atoms with Gasteiger partial charge in [-0.3, -0.25) is 0 Å². The molecule has 1 aromatic carbocycles. The molecule has 96 valence electrons. The Morgan fingerprint density at radius 1 is 1.35 bits per heavy atom. The molecular weight excluding hydrogens is 272 g/mol. The Morgan fingerprint density at radius 3 is 2.47 bits per heavy atom. The third kappa shape index (κ3) is 3.37. The summed E-state index contributed by atoms with van der Waals surface area (Å²) in [5.41, 5.74) is 0.398. The maximum Gasteiger partial charge on any atom is 0.252 e. The standard InChI is InChI=1S/C10H12ClF2NO2S/c1-14(7-10(12)13)17(15,16)9-5-3-2-4-8(9)6-11/h2-5,10H,6-7H2,1H3. The fraction of sp³-hybridized carbons (Fsp3) is 0.400. The van der Waals surface area contributed by atoms with Gasteiger partial charge >= 0.3 is 0 Å². The number of alkyl halides is 3. The zero-order valence-corrected chi connectivity index (χ0v) is 10.7. The molecule has 0 radical (unpaired) electrons. The number of benzene rings is 1. The van der Waals surface area contributed by atoms with Gasteiger partial charge in [-0.2, -0.15) is 4.31 Å². The molecule has 0 atom stereocenters. The second-order valence-corrected chi connectivity index (χ2v) is 5.70. The summed E-state index contributed by atoms with van der Waals surface area (Å²) in [6, 6.07) is 6.08. The summed E-state index contributed by atoms with van der Waals surface area (Å²) in [7, 11) is -2.79. The molecule has 17 heavy (non-hydrogen) atoms. The highest BCUT2D eigenvalue weighted by Gasteiger charge is 2.25. The molecule has 1 rings (SSSR count). The molecule has 0 heterocycles. The van der Waals surface area contributed by atoms with Gasteiger partial charge in [0.1, 0.15) is 0 Å². The van der Waals surface area contributed by atoms with Crippen LogP contribution in [-0.4, -0.2) is 32.7 Å². The number of halogens is 3. The summed E-state index contributed by atoms with van der Waals surface area (Å²) < 4.78 is 49.0. The summed E-state index contributed by atoms with van der Waals surface area (Å²) in [5.74, 6) is 0.0118. The number of hydrogen-bond acceptors (Lipinski definition) is 2. The third-order valence-electron chi connectivity index (χ3n) is 2.20. The van der Waals surface area contributed by atoms with E-state index in [0.29, 0.717) is 9.87 Å². The number of nitrogens with zero attached hydrogens (tertiary/aromatic N) is 1. The van der Waals surface area contributed by atoms with E-state index < -0.39 is 23.0 Å². The van der Waals surface area contributed by atoms with Crippen molar-refractivity contribution < 1.29 is 17.2 Å². The predicted octanol–water partition coefficient (Wildman–Crippen LogP) is 2.31. The normalized spacial score (nSPS) is 12.4. The van der Waals surface area contributed by atoms with E-state index in [9.17, 15) is 17.2 Å². The summed E-state index contributed by atoms with van der Waals surface area (Å²) in [6.07, 6.45) is -2.71. The van der Waals surface area contributed by atoms with Crippen molar-refractivity contribution in [3.8, 4) is 0 Å². The quantitative estimate of drug-likeness (QED) is 0.778. The van der Waals surface area contributed by atoms with E-state index in [-0.39, 0.29) is 10.8 Å². The van der Waals surface area contributed by atoms with Gasteiger partial charge in [-0.25, -0.2) is 17.2 Å². The van der Waals surface area contributed by atoms with E-state index >= 15 is 0 Å². The van der Waals surface area contributed by atoms with Crippen LogP contribution >= 0.6 is 11.6 Å². The van der Waals surface area contributed by atoms with Crippen molar-refractivity contribution in [3.63, 3.8) is 0 Å². The Kier molecular flexibility index (Phi) is 4.85. The van der Waals surface area contributed by atoms with Gasteiger partial charge in [0.15, 0.2) is 0 Å². The highest BCUT2D eigenvalue weighted by atomic mass is 35.5. The second kappa shape index (κ2) is 5.75. The number of rotatable bonds is 5. The highest BCUT2D eigenvalue weighted by molar-refractivity contribution is 7.89. The van der Waals surface area contributed by atoms with E-state index in [0.717, 1.165) is 7.05 Å². The predicted molar refractivity (Wildman–Crippen MR) is 61.8 cm³/mol. The Labute approximate surface area is 104 Å². The van der Waals surface area contributed by atoms with Crippen LogP contribution in [-0.2, 0) is 15.9 Å². The van der Waals surface area contributed by atoms with Crippen molar-refractivity contribution in [2.75, 3.05) is 13.6 Å². The molecule has 0 saturated heterocycles. The van der Waals surface area contributed by atoms with Gasteiger partial charge in [-0.05, 0) is 11.6 Å². The van der Waals surface area contributed by atoms with Gasteiger partial charge < -0.3 is 0 Å². The van der Waals surface area contributed by atoms with Crippen molar-refractivity contribution in [1.29, 1.82) is 0 Å². The van der Waals surface area contributed by atoms with Crippen LogP contribution in [0, 0.1) is 0 Å². The van der Waals surface area contributed by atoms with Crippen LogP contribution in [0.5, 0.6) is 0 Å². The Hall–Kier alpha value is -0.720. The zero-order valence-electron chi connectivity index (χ0n) is 9.11. The molecule has 0 N–H and O–H groups in total. The molecular formula is C10H12ClF2NO2S. The van der Waals surface area contributed by atoms with Crippen molar-refractivity contribution in [2.24, 2.45) is 0 Å². The molecule has 0 unspecified atom stereocenters. The lowest BCUT2D eigenvalue weighted by Crippen LogP contribution is -2.31. The van der Waals surface area contributed by atoms with E-state index in [1.54, 1.807) is 12.1 Å². The summed E-state index contributed by atoms with van der Waals surface area (Å²) >= 11 is 5.62. The first-order valence-corrected chi connectivity index (χ1v) is 6.75. The molecule has 0 aromatic heterocycles. The first-order chi connectivity index (χ1) is 7.89. The number of sulfonamides is 1. The van der Waals surface area contributed by atoms with Crippen LogP contribution in [0.3, 0.4) is 0 Å². The second-order valence-electron chi connectivity index (χ2n) is 3.42. The zero-order chi connectivity index (χ0) is 13.1. The summed E-state index contributed by atoms with van der Waals surface area (Å²) in [4.78, 5) is -0.0295. The molecule has 1 aromatic rings. The van der Waals surface area contributed by atoms with Crippen LogP contribution in [0.4, 0.5) is 8.78 Å². The number of hydrogen-bond donors (Lipinski definition) is 0. The van der Waals surface area contributed by atoms with Crippen molar-refractivity contribution >= 4 is 21.6 Å². The molecule has 0 saturated carbocycles. The van der Waals surface area contributed by atoms with E-state index in [4.69, 9.17) is 11.6 Å². The van der Waals surface area contributed by atoms with Crippen LogP contribution in [0.25, 0.3) is 0 Å². The molecule has 0 aliphatic carbocycles. The lowest BCUT2D eigenvalue weighted by atomic mass is 10.2. The Bertz CT molecular complexity index is 479. The molecule has 0 fully saturated rings. The van der Waals surface area contributed by atoms with Gasteiger partial charge in [-0.15, -0.1) is 11.6 Å². The molecule has 0 amide bonds. The lowest BCUT2D eigenvalue weighted by Gasteiger charge is -2.18. The van der Waals surface area contributed by atoms with Crippen LogP contribution in [0.1, 0.15) is 5.56 Å². The molecule has 0 bridgehead atoms. The SMILES string of the molecule is CN(CC(F)F)S(=O)(=O)c1ccccc1CCl. The summed E-state index contributed by atoms with van der Waals surface area (Å²) in [5, 5.41) is 0. The molecule has 0 spiro atoms. The van der Waals surface area contributed by atoms with Crippen LogP contribution in [0.15, 0.2) is 29.2 Å². The largest absolute Gasteiger partial charge is 0.252 e. The topological polar surface area (TPSA) is 37.4 Å². The molecule has 0 aliphatic heterocycles. The third-order valence-corrected chi connectivity index (χ3v) is 4.41. The van der Waals surface area contributed by atoms with Gasteiger partial charge in [0.25, 0.3) is 6.43 Å². The van der Waals surface area contributed by atoms with Crippen LogP contribution < -0.4 is 0 Å². The maximum absolute atomic E-state index is 12.2. The van der Waals surface area contributed by atoms with Crippen LogP contribution in [0.2, 0.25) is 0 Å². The van der Waals surface area contributed by atoms with E-state index in [1.165, 1.54) is 12.1 Å². The van der Waals surface area contributed by atoms with Crippen molar-refractivity contribution in [1.82, 2.24) is 4.31 Å². The Morgan fingerprint density at radius 2 is 1.94 bits per heavy atom. The van der Waals surface area contributed by atoms with Gasteiger partial charge in [0, 0.05) is 12.9 Å². The van der Waals surface area contributed by atoms with E-state index in [1.807, 2.05) is 0 Å². The van der Waals surface area contributed by atoms with Crippen molar-refractivity contribution in [2.45, 2.75) is 17.2 Å². The van der Waals surface area contributed by atoms with Gasteiger partial charge in [0.05, 0.1) is 11.4 Å². The molecule has 0 aliphatic rings. The average molecular weight is 284 g/mol. The minimum absolute atomic E-state index is 0.0118. The minimum atomic E-state index is -3.91. The van der Waals surface area contributed by atoms with E-state index in [2.05, 4.69) is 0 Å². The molecule has 3 nitrogen and oxygen atoms in total. The smallest absolute Gasteiger partial charge is 0.209 e. The highest BCUT2D eigenvalue weighted by Crippen LogP contribution is 2.21. The Balaban J connectivity index is 3.13. The van der Waals surface area contributed by atoms with Gasteiger partial charge in [0.2, 0.25) is 10.0 Å². The fourth-order valence-electron chi connectivity index (χ4n) is 1.33. The fourth-order valence-corrected chi connectivity index (χ4v) is 3.01. The first kappa shape index (κ1) is 14.3. The summed E-state index contributed by atoms with van der Waals surface area (Å²) in [6.45, 7) is -0.834. The lowest BCUT2D eigenvalue weighted by molar-refractivity contribution is 0.126. The minimum Gasteiger partial charge on any atom is -0.209 e. The van der Waals surface area contributed by atoms with Gasteiger partial charge in [-0.1, -0.05) is 18.2 Å². The monoisotopic (exact) mass is 283 g/mol. The van der Waals surface area contributed by atoms with Crippen molar-refractivity contribution in [3.05, 3.63) is 29.8 Å². The molecule has 7 heteroatoms. The average Bonchev–Trinajstić information content (AvgIpc) is 2.28.